The van der Waals surface area contributed by atoms with Gasteiger partial charge in [0.1, 0.15) is 11.9 Å². The van der Waals surface area contributed by atoms with E-state index in [0.717, 1.165) is 31.7 Å². The summed E-state index contributed by atoms with van der Waals surface area (Å²) in [4.78, 5) is 35.5. The molecule has 0 spiro atoms. The van der Waals surface area contributed by atoms with Crippen LogP contribution in [0, 0.1) is 0 Å². The number of oxazole rings is 1. The summed E-state index contributed by atoms with van der Waals surface area (Å²) in [6.45, 7) is 3.31. The summed E-state index contributed by atoms with van der Waals surface area (Å²) in [5, 5.41) is 3.07. The molecule has 0 aliphatic carbocycles. The van der Waals surface area contributed by atoms with E-state index in [1.54, 1.807) is 43.7 Å². The molecule has 1 N–H and O–H groups in total. The number of piperidine rings is 1. The van der Waals surface area contributed by atoms with Gasteiger partial charge in [0.2, 0.25) is 5.91 Å². The van der Waals surface area contributed by atoms with Crippen LogP contribution in [0.3, 0.4) is 0 Å². The Morgan fingerprint density at radius 2 is 2.04 bits per heavy atom. The third kappa shape index (κ3) is 3.42. The number of benzene rings is 1. The first kappa shape index (κ1) is 17.3. The average molecular weight is 367 g/mol. The average Bonchev–Trinajstić information content (AvgIpc) is 3.04. The van der Waals surface area contributed by atoms with E-state index in [-0.39, 0.29) is 11.9 Å². The van der Waals surface area contributed by atoms with Gasteiger partial charge >= 0.3 is 5.76 Å². The van der Waals surface area contributed by atoms with Crippen LogP contribution in [-0.2, 0) is 4.79 Å². The van der Waals surface area contributed by atoms with E-state index in [9.17, 15) is 9.59 Å². The van der Waals surface area contributed by atoms with Gasteiger partial charge in [-0.3, -0.25) is 14.3 Å². The van der Waals surface area contributed by atoms with Crippen molar-refractivity contribution in [3.8, 4) is 0 Å². The zero-order chi connectivity index (χ0) is 18.8. The van der Waals surface area contributed by atoms with Crippen molar-refractivity contribution in [3.05, 3.63) is 53.4 Å². The summed E-state index contributed by atoms with van der Waals surface area (Å²) < 4.78 is 6.63. The number of nitrogens with zero attached hydrogens (tertiary/aromatic N) is 4. The first-order chi connectivity index (χ1) is 13.1. The quantitative estimate of drug-likeness (QED) is 0.755. The van der Waals surface area contributed by atoms with Gasteiger partial charge in [-0.2, -0.15) is 0 Å². The summed E-state index contributed by atoms with van der Waals surface area (Å²) in [6, 6.07) is 6.55. The molecule has 4 rings (SSSR count). The second-order valence-electron chi connectivity index (χ2n) is 6.72. The number of fused-ring (bicyclic) bond motifs is 1. The lowest BCUT2D eigenvalue weighted by Crippen LogP contribution is -2.47. The number of nitrogens with one attached hydrogen (secondary N) is 1. The van der Waals surface area contributed by atoms with Crippen LogP contribution in [0.5, 0.6) is 0 Å². The van der Waals surface area contributed by atoms with Crippen LogP contribution in [0.15, 0.2) is 52.1 Å². The molecule has 1 aliphatic rings. The van der Waals surface area contributed by atoms with Crippen LogP contribution in [0.4, 0.5) is 5.82 Å². The van der Waals surface area contributed by atoms with Gasteiger partial charge in [-0.1, -0.05) is 12.1 Å². The first-order valence-corrected chi connectivity index (χ1v) is 9.05. The summed E-state index contributed by atoms with van der Waals surface area (Å²) in [5.74, 6) is 0.157. The number of amides is 1. The molecule has 1 aliphatic heterocycles. The third-order valence-corrected chi connectivity index (χ3v) is 5.00. The topological polar surface area (TPSA) is 93.3 Å². The molecule has 3 aromatic rings. The summed E-state index contributed by atoms with van der Waals surface area (Å²) in [5.41, 5.74) is 1.11. The lowest BCUT2D eigenvalue weighted by atomic mass is 10.0. The summed E-state index contributed by atoms with van der Waals surface area (Å²) in [6.07, 6.45) is 6.71. The maximum Gasteiger partial charge on any atom is 0.420 e. The zero-order valence-electron chi connectivity index (χ0n) is 15.0. The second kappa shape index (κ2) is 7.22. The van der Waals surface area contributed by atoms with Crippen LogP contribution in [0.2, 0.25) is 0 Å². The van der Waals surface area contributed by atoms with E-state index >= 15 is 0 Å². The number of carbonyl (C=O) groups is 1. The fraction of sp³-hybridized carbons (Fsp3) is 0.368. The molecule has 2 aromatic heterocycles. The van der Waals surface area contributed by atoms with E-state index in [0.29, 0.717) is 11.1 Å². The van der Waals surface area contributed by atoms with Gasteiger partial charge in [0.05, 0.1) is 11.7 Å². The molecule has 1 fully saturated rings. The van der Waals surface area contributed by atoms with Crippen molar-refractivity contribution in [2.75, 3.05) is 18.0 Å². The molecule has 0 unspecified atom stereocenters. The fourth-order valence-electron chi connectivity index (χ4n) is 3.50. The molecule has 3 heterocycles. The van der Waals surface area contributed by atoms with Crippen LogP contribution >= 0.6 is 0 Å². The predicted molar refractivity (Wildman–Crippen MR) is 101 cm³/mol. The Morgan fingerprint density at radius 3 is 2.78 bits per heavy atom. The molecule has 0 bridgehead atoms. The highest BCUT2D eigenvalue weighted by molar-refractivity contribution is 5.83. The van der Waals surface area contributed by atoms with Gasteiger partial charge in [0, 0.05) is 31.5 Å². The fourth-order valence-corrected chi connectivity index (χ4v) is 3.50. The van der Waals surface area contributed by atoms with Crippen LogP contribution in [-0.4, -0.2) is 39.6 Å². The van der Waals surface area contributed by atoms with Crippen molar-refractivity contribution in [3.63, 3.8) is 0 Å². The molecule has 1 atom stereocenters. The second-order valence-corrected chi connectivity index (χ2v) is 6.72. The Kier molecular flexibility index (Phi) is 4.62. The standard InChI is InChI=1S/C19H21N5O3/c1-13(24-15-4-2-3-5-16(15)27-19(24)26)18(25)22-14-6-10-23(11-7-14)17-12-20-8-9-21-17/h2-5,8-9,12-14H,6-7,10-11H2,1H3,(H,22,25)/t13-/m1/s1. The molecule has 1 aromatic carbocycles. The Balaban J connectivity index is 1.41. The minimum atomic E-state index is -0.640. The Bertz CT molecular complexity index is 989. The SMILES string of the molecule is C[C@H](C(=O)NC1CCN(c2cnccn2)CC1)n1c(=O)oc2ccccc21. The van der Waals surface area contributed by atoms with E-state index in [4.69, 9.17) is 4.42 Å². The van der Waals surface area contributed by atoms with Crippen molar-refractivity contribution in [2.24, 2.45) is 0 Å². The van der Waals surface area contributed by atoms with Crippen molar-refractivity contribution in [1.29, 1.82) is 0 Å². The maximum absolute atomic E-state index is 12.7. The van der Waals surface area contributed by atoms with E-state index < -0.39 is 11.8 Å². The minimum absolute atomic E-state index is 0.0711. The number of para-hydroxylation sites is 2. The van der Waals surface area contributed by atoms with Crippen molar-refractivity contribution in [2.45, 2.75) is 31.8 Å². The monoisotopic (exact) mass is 367 g/mol. The minimum Gasteiger partial charge on any atom is -0.408 e. The molecular formula is C19H21N5O3. The lowest BCUT2D eigenvalue weighted by Gasteiger charge is -2.33. The normalized spacial score (nSPS) is 16.4. The number of carbonyl (C=O) groups excluding carboxylic acids is 1. The predicted octanol–water partition coefficient (Wildman–Crippen LogP) is 1.73. The molecule has 0 saturated carbocycles. The molecular weight excluding hydrogens is 346 g/mol. The highest BCUT2D eigenvalue weighted by Gasteiger charge is 2.26. The van der Waals surface area contributed by atoms with E-state index in [1.807, 2.05) is 6.07 Å². The lowest BCUT2D eigenvalue weighted by molar-refractivity contribution is -0.124. The van der Waals surface area contributed by atoms with Crippen molar-refractivity contribution < 1.29 is 9.21 Å². The summed E-state index contributed by atoms with van der Waals surface area (Å²) in [7, 11) is 0. The van der Waals surface area contributed by atoms with Gasteiger partial charge in [-0.25, -0.2) is 9.78 Å². The van der Waals surface area contributed by atoms with Crippen molar-refractivity contribution in [1.82, 2.24) is 19.9 Å². The Morgan fingerprint density at radius 1 is 1.26 bits per heavy atom. The molecule has 1 saturated heterocycles. The Hall–Kier alpha value is -3.16. The largest absolute Gasteiger partial charge is 0.420 e. The molecule has 1 amide bonds. The van der Waals surface area contributed by atoms with Gasteiger partial charge in [-0.05, 0) is 31.9 Å². The highest BCUT2D eigenvalue weighted by Crippen LogP contribution is 2.19. The Labute approximate surface area is 155 Å². The number of rotatable bonds is 4. The maximum atomic E-state index is 12.7. The number of anilines is 1. The highest BCUT2D eigenvalue weighted by atomic mass is 16.4. The van der Waals surface area contributed by atoms with Crippen LogP contribution in [0.25, 0.3) is 11.1 Å². The zero-order valence-corrected chi connectivity index (χ0v) is 15.0. The number of aromatic nitrogens is 3. The molecule has 8 heteroatoms. The number of hydrogen-bond donors (Lipinski definition) is 1. The first-order valence-electron chi connectivity index (χ1n) is 9.05. The van der Waals surface area contributed by atoms with Gasteiger partial charge < -0.3 is 14.6 Å². The van der Waals surface area contributed by atoms with Gasteiger partial charge in [-0.15, -0.1) is 0 Å². The van der Waals surface area contributed by atoms with Crippen LogP contribution < -0.4 is 16.0 Å². The number of hydrogen-bond acceptors (Lipinski definition) is 6. The summed E-state index contributed by atoms with van der Waals surface area (Å²) >= 11 is 0. The third-order valence-electron chi connectivity index (χ3n) is 5.00. The molecule has 140 valence electrons. The van der Waals surface area contributed by atoms with E-state index in [2.05, 4.69) is 20.2 Å². The van der Waals surface area contributed by atoms with Gasteiger partial charge in [0.15, 0.2) is 5.58 Å². The molecule has 27 heavy (non-hydrogen) atoms. The molecule has 8 nitrogen and oxygen atoms in total. The van der Waals surface area contributed by atoms with Crippen molar-refractivity contribution >= 4 is 22.8 Å². The van der Waals surface area contributed by atoms with Crippen LogP contribution in [0.1, 0.15) is 25.8 Å². The van der Waals surface area contributed by atoms with Gasteiger partial charge in [0.25, 0.3) is 0 Å². The van der Waals surface area contributed by atoms with E-state index in [1.165, 1.54) is 4.57 Å². The smallest absolute Gasteiger partial charge is 0.408 e. The molecule has 0 radical (unpaired) electrons.